The Morgan fingerprint density at radius 2 is 1.93 bits per heavy atom. The number of aryl methyl sites for hydroxylation is 1. The average molecular weight is 427 g/mol. The molecule has 0 aliphatic rings. The SMILES string of the molecule is Cc1nc([C@H](Cc2c[nH]c3ccccc23)NCc2ccc(Cl)c(Cl)c2)cc(=O)[nH]1. The van der Waals surface area contributed by atoms with Gasteiger partial charge in [0.25, 0.3) is 5.56 Å². The molecule has 4 rings (SSSR count). The molecule has 0 bridgehead atoms. The molecule has 0 fully saturated rings. The Hall–Kier alpha value is -2.60. The van der Waals surface area contributed by atoms with Crippen LogP contribution in [-0.2, 0) is 13.0 Å². The third-order valence-electron chi connectivity index (χ3n) is 4.87. The van der Waals surface area contributed by atoms with Gasteiger partial charge >= 0.3 is 0 Å². The first kappa shape index (κ1) is 19.7. The topological polar surface area (TPSA) is 73.6 Å². The lowest BCUT2D eigenvalue weighted by Gasteiger charge is -2.19. The summed E-state index contributed by atoms with van der Waals surface area (Å²) < 4.78 is 0. The van der Waals surface area contributed by atoms with E-state index in [0.29, 0.717) is 34.5 Å². The first-order valence-corrected chi connectivity index (χ1v) is 10.1. The number of halogens is 2. The lowest BCUT2D eigenvalue weighted by atomic mass is 10.0. The van der Waals surface area contributed by atoms with Crippen LogP contribution in [0.4, 0.5) is 0 Å². The van der Waals surface area contributed by atoms with Crippen molar-refractivity contribution in [1.82, 2.24) is 20.3 Å². The number of aromatic nitrogens is 3. The monoisotopic (exact) mass is 426 g/mol. The lowest BCUT2D eigenvalue weighted by Crippen LogP contribution is -2.26. The zero-order valence-electron chi connectivity index (χ0n) is 15.8. The van der Waals surface area contributed by atoms with Gasteiger partial charge in [0, 0.05) is 29.7 Å². The molecule has 5 nitrogen and oxygen atoms in total. The van der Waals surface area contributed by atoms with Crippen molar-refractivity contribution in [3.05, 3.63) is 97.8 Å². The van der Waals surface area contributed by atoms with E-state index in [-0.39, 0.29) is 11.6 Å². The third kappa shape index (κ3) is 4.53. The number of aromatic amines is 2. The second-order valence-electron chi connectivity index (χ2n) is 7.00. The molecular formula is C22H20Cl2N4O. The fraction of sp³-hybridized carbons (Fsp3) is 0.182. The van der Waals surface area contributed by atoms with E-state index in [0.717, 1.165) is 22.0 Å². The second-order valence-corrected chi connectivity index (χ2v) is 7.82. The Balaban J connectivity index is 1.64. The van der Waals surface area contributed by atoms with Gasteiger partial charge in [-0.05, 0) is 42.7 Å². The zero-order chi connectivity index (χ0) is 20.4. The molecule has 148 valence electrons. The van der Waals surface area contributed by atoms with E-state index in [1.54, 1.807) is 19.1 Å². The quantitative estimate of drug-likeness (QED) is 0.408. The number of fused-ring (bicyclic) bond motifs is 1. The van der Waals surface area contributed by atoms with Gasteiger partial charge < -0.3 is 15.3 Å². The summed E-state index contributed by atoms with van der Waals surface area (Å²) in [4.78, 5) is 22.6. The minimum atomic E-state index is -0.159. The summed E-state index contributed by atoms with van der Waals surface area (Å²) in [5.41, 5.74) is 3.79. The lowest BCUT2D eigenvalue weighted by molar-refractivity contribution is 0.516. The smallest absolute Gasteiger partial charge is 0.251 e. The molecule has 0 saturated heterocycles. The van der Waals surface area contributed by atoms with Crippen molar-refractivity contribution in [2.24, 2.45) is 0 Å². The Labute approximate surface area is 178 Å². The van der Waals surface area contributed by atoms with Gasteiger partial charge in [0.1, 0.15) is 5.82 Å². The predicted molar refractivity (Wildman–Crippen MR) is 118 cm³/mol. The summed E-state index contributed by atoms with van der Waals surface area (Å²) in [6.45, 7) is 2.35. The van der Waals surface area contributed by atoms with E-state index in [1.165, 1.54) is 0 Å². The minimum absolute atomic E-state index is 0.148. The Bertz CT molecular complexity index is 1210. The molecule has 2 aromatic heterocycles. The molecule has 0 aliphatic carbocycles. The molecule has 0 spiro atoms. The standard InChI is InChI=1S/C22H20Cl2N4O/c1-13-27-21(10-22(29)28-13)20(25-11-14-6-7-17(23)18(24)8-14)9-15-12-26-19-5-3-2-4-16(15)19/h2-8,10,12,20,25-26H,9,11H2,1H3,(H,27,28,29)/t20-/m0/s1. The molecule has 0 unspecified atom stereocenters. The van der Waals surface area contributed by atoms with E-state index in [2.05, 4.69) is 26.3 Å². The molecule has 0 aliphatic heterocycles. The molecule has 2 aromatic carbocycles. The van der Waals surface area contributed by atoms with Gasteiger partial charge in [-0.1, -0.05) is 47.5 Å². The molecule has 4 aromatic rings. The maximum absolute atomic E-state index is 12.0. The number of rotatable bonds is 6. The number of hydrogen-bond donors (Lipinski definition) is 3. The van der Waals surface area contributed by atoms with Crippen LogP contribution in [-0.4, -0.2) is 15.0 Å². The summed E-state index contributed by atoms with van der Waals surface area (Å²) >= 11 is 12.2. The zero-order valence-corrected chi connectivity index (χ0v) is 17.3. The summed E-state index contributed by atoms with van der Waals surface area (Å²) in [5.74, 6) is 0.591. The highest BCUT2D eigenvalue weighted by molar-refractivity contribution is 6.42. The summed E-state index contributed by atoms with van der Waals surface area (Å²) in [5, 5.41) is 5.73. The van der Waals surface area contributed by atoms with E-state index in [4.69, 9.17) is 23.2 Å². The first-order valence-electron chi connectivity index (χ1n) is 9.30. The van der Waals surface area contributed by atoms with Crippen LogP contribution in [0.5, 0.6) is 0 Å². The van der Waals surface area contributed by atoms with Crippen LogP contribution >= 0.6 is 23.2 Å². The molecule has 3 N–H and O–H groups in total. The number of para-hydroxylation sites is 1. The first-order chi connectivity index (χ1) is 14.0. The fourth-order valence-corrected chi connectivity index (χ4v) is 3.79. The van der Waals surface area contributed by atoms with Crippen molar-refractivity contribution in [2.45, 2.75) is 25.9 Å². The highest BCUT2D eigenvalue weighted by atomic mass is 35.5. The number of nitrogens with one attached hydrogen (secondary N) is 3. The van der Waals surface area contributed by atoms with Gasteiger partial charge in [0.2, 0.25) is 0 Å². The van der Waals surface area contributed by atoms with Crippen molar-refractivity contribution < 1.29 is 0 Å². The summed E-state index contributed by atoms with van der Waals surface area (Å²) in [6, 6.07) is 15.1. The average Bonchev–Trinajstić information content (AvgIpc) is 3.10. The Morgan fingerprint density at radius 1 is 1.10 bits per heavy atom. The second kappa shape index (κ2) is 8.41. The van der Waals surface area contributed by atoms with Crippen molar-refractivity contribution in [1.29, 1.82) is 0 Å². The Morgan fingerprint density at radius 3 is 2.72 bits per heavy atom. The van der Waals surface area contributed by atoms with Crippen LogP contribution in [0.2, 0.25) is 10.0 Å². The van der Waals surface area contributed by atoms with Crippen LogP contribution in [0.1, 0.15) is 28.7 Å². The van der Waals surface area contributed by atoms with Crippen LogP contribution in [0.25, 0.3) is 10.9 Å². The third-order valence-corrected chi connectivity index (χ3v) is 5.61. The molecule has 0 amide bonds. The highest BCUT2D eigenvalue weighted by Gasteiger charge is 2.17. The van der Waals surface area contributed by atoms with Crippen LogP contribution in [0.3, 0.4) is 0 Å². The van der Waals surface area contributed by atoms with Crippen molar-refractivity contribution in [3.63, 3.8) is 0 Å². The number of H-pyrrole nitrogens is 2. The summed E-state index contributed by atoms with van der Waals surface area (Å²) in [6.07, 6.45) is 2.69. The van der Waals surface area contributed by atoms with Crippen LogP contribution in [0.15, 0.2) is 59.5 Å². The van der Waals surface area contributed by atoms with Crippen molar-refractivity contribution in [3.8, 4) is 0 Å². The normalized spacial score (nSPS) is 12.4. The largest absolute Gasteiger partial charge is 0.361 e. The van der Waals surface area contributed by atoms with Crippen molar-refractivity contribution in [2.75, 3.05) is 0 Å². The summed E-state index contributed by atoms with van der Waals surface area (Å²) in [7, 11) is 0. The van der Waals surface area contributed by atoms with Crippen molar-refractivity contribution >= 4 is 34.1 Å². The van der Waals surface area contributed by atoms with E-state index in [9.17, 15) is 4.79 Å². The molecule has 0 saturated carbocycles. The van der Waals surface area contributed by atoms with E-state index in [1.807, 2.05) is 36.5 Å². The maximum Gasteiger partial charge on any atom is 0.251 e. The van der Waals surface area contributed by atoms with Gasteiger partial charge in [-0.3, -0.25) is 4.79 Å². The number of nitrogens with zero attached hydrogens (tertiary/aromatic N) is 1. The van der Waals surface area contributed by atoms with Gasteiger partial charge in [-0.15, -0.1) is 0 Å². The minimum Gasteiger partial charge on any atom is -0.361 e. The maximum atomic E-state index is 12.0. The van der Waals surface area contributed by atoms with Crippen LogP contribution in [0, 0.1) is 6.92 Å². The Kier molecular flexibility index (Phi) is 5.72. The predicted octanol–water partition coefficient (Wildman–Crippen LogP) is 4.94. The molecule has 2 heterocycles. The number of hydrogen-bond acceptors (Lipinski definition) is 3. The number of benzene rings is 2. The molecule has 0 radical (unpaired) electrons. The van der Waals surface area contributed by atoms with E-state index < -0.39 is 0 Å². The van der Waals surface area contributed by atoms with E-state index >= 15 is 0 Å². The van der Waals surface area contributed by atoms with Crippen LogP contribution < -0.4 is 10.9 Å². The van der Waals surface area contributed by atoms with Gasteiger partial charge in [0.15, 0.2) is 0 Å². The van der Waals surface area contributed by atoms with Gasteiger partial charge in [0.05, 0.1) is 21.8 Å². The molecule has 1 atom stereocenters. The fourth-order valence-electron chi connectivity index (χ4n) is 3.47. The van der Waals surface area contributed by atoms with Gasteiger partial charge in [-0.25, -0.2) is 4.98 Å². The molecular weight excluding hydrogens is 407 g/mol. The molecule has 7 heteroatoms. The highest BCUT2D eigenvalue weighted by Crippen LogP contribution is 2.25. The molecule has 29 heavy (non-hydrogen) atoms. The van der Waals surface area contributed by atoms with Gasteiger partial charge in [-0.2, -0.15) is 0 Å².